The summed E-state index contributed by atoms with van der Waals surface area (Å²) in [7, 11) is 0. The lowest BCUT2D eigenvalue weighted by Gasteiger charge is -2.30. The van der Waals surface area contributed by atoms with Crippen molar-refractivity contribution in [3.8, 4) is 0 Å². The quantitative estimate of drug-likeness (QED) is 0.871. The molecule has 1 spiro atoms. The van der Waals surface area contributed by atoms with Gasteiger partial charge in [0.25, 0.3) is 5.91 Å². The van der Waals surface area contributed by atoms with Gasteiger partial charge in [-0.3, -0.25) is 14.3 Å². The Morgan fingerprint density at radius 1 is 1.04 bits per heavy atom. The van der Waals surface area contributed by atoms with E-state index in [-0.39, 0.29) is 25.0 Å². The van der Waals surface area contributed by atoms with Gasteiger partial charge in [-0.15, -0.1) is 0 Å². The minimum absolute atomic E-state index is 0.159. The molecule has 2 aromatic rings. The van der Waals surface area contributed by atoms with Gasteiger partial charge in [0.05, 0.1) is 5.52 Å². The van der Waals surface area contributed by atoms with Crippen LogP contribution in [-0.2, 0) is 11.3 Å². The molecule has 24 heavy (non-hydrogen) atoms. The van der Waals surface area contributed by atoms with Crippen molar-refractivity contribution in [1.29, 1.82) is 0 Å². The van der Waals surface area contributed by atoms with Gasteiger partial charge < -0.3 is 9.73 Å². The van der Waals surface area contributed by atoms with E-state index in [0.717, 1.165) is 19.3 Å². The molecule has 0 radical (unpaired) electrons. The van der Waals surface area contributed by atoms with E-state index in [1.165, 1.54) is 9.47 Å². The molecule has 0 unspecified atom stereocenters. The van der Waals surface area contributed by atoms with Gasteiger partial charge in [-0.25, -0.2) is 9.59 Å². The maximum Gasteiger partial charge on any atom is 0.420 e. The molecule has 126 valence electrons. The molecular formula is C17H19N3O4. The number of aromatic nitrogens is 1. The summed E-state index contributed by atoms with van der Waals surface area (Å²) in [6, 6.07) is 6.76. The number of fused-ring (bicyclic) bond motifs is 1. The molecule has 7 nitrogen and oxygen atoms in total. The van der Waals surface area contributed by atoms with Crippen molar-refractivity contribution >= 4 is 23.0 Å². The third kappa shape index (κ3) is 2.23. The molecule has 1 aromatic carbocycles. The molecule has 0 bridgehead atoms. The molecule has 3 amide bonds. The number of carbonyl (C=O) groups is 2. The molecule has 2 fully saturated rings. The van der Waals surface area contributed by atoms with Crippen LogP contribution in [0.25, 0.3) is 11.1 Å². The monoisotopic (exact) mass is 329 g/mol. The van der Waals surface area contributed by atoms with Gasteiger partial charge >= 0.3 is 11.8 Å². The average Bonchev–Trinajstić information content (AvgIpc) is 3.01. The molecule has 2 aliphatic rings. The van der Waals surface area contributed by atoms with E-state index in [1.54, 1.807) is 18.2 Å². The number of oxazole rings is 1. The van der Waals surface area contributed by atoms with E-state index in [4.69, 9.17) is 4.42 Å². The number of rotatable bonds is 3. The number of hydrogen-bond acceptors (Lipinski definition) is 4. The van der Waals surface area contributed by atoms with E-state index >= 15 is 0 Å². The van der Waals surface area contributed by atoms with E-state index in [9.17, 15) is 14.4 Å². The van der Waals surface area contributed by atoms with Crippen LogP contribution in [-0.4, -0.2) is 33.5 Å². The molecule has 1 aliphatic carbocycles. The summed E-state index contributed by atoms with van der Waals surface area (Å²) in [6.07, 6.45) is 4.39. The number of nitrogens with zero attached hydrogens (tertiary/aromatic N) is 2. The van der Waals surface area contributed by atoms with Crippen LogP contribution < -0.4 is 11.1 Å². The Morgan fingerprint density at radius 3 is 2.58 bits per heavy atom. The topological polar surface area (TPSA) is 84.5 Å². The fraction of sp³-hybridized carbons (Fsp3) is 0.471. The first-order valence-corrected chi connectivity index (χ1v) is 8.33. The first-order valence-electron chi connectivity index (χ1n) is 8.33. The van der Waals surface area contributed by atoms with Crippen molar-refractivity contribution in [2.75, 3.05) is 6.54 Å². The standard InChI is InChI=1S/C17H19N3O4/c21-14-17(8-4-1-5-9-17)18-15(22)20(14)11-10-19-12-6-2-3-7-13(12)24-16(19)23/h2-3,6-7H,1,4-5,8-11H2,(H,18,22). The third-order valence-corrected chi connectivity index (χ3v) is 5.07. The molecule has 2 heterocycles. The minimum atomic E-state index is -0.723. The van der Waals surface area contributed by atoms with Crippen molar-refractivity contribution in [2.24, 2.45) is 0 Å². The first kappa shape index (κ1) is 15.0. The highest BCUT2D eigenvalue weighted by Crippen LogP contribution is 2.33. The second-order valence-corrected chi connectivity index (χ2v) is 6.52. The molecular weight excluding hydrogens is 310 g/mol. The largest absolute Gasteiger partial charge is 0.420 e. The van der Waals surface area contributed by atoms with Crippen molar-refractivity contribution in [1.82, 2.24) is 14.8 Å². The van der Waals surface area contributed by atoms with Gasteiger partial charge in [0.1, 0.15) is 5.54 Å². The maximum atomic E-state index is 12.7. The Balaban J connectivity index is 1.55. The molecule has 1 N–H and O–H groups in total. The zero-order valence-electron chi connectivity index (χ0n) is 13.3. The second-order valence-electron chi connectivity index (χ2n) is 6.52. The molecule has 7 heteroatoms. The average molecular weight is 329 g/mol. The zero-order valence-corrected chi connectivity index (χ0v) is 13.3. The van der Waals surface area contributed by atoms with Crippen LogP contribution >= 0.6 is 0 Å². The van der Waals surface area contributed by atoms with Crippen LogP contribution in [0.2, 0.25) is 0 Å². The predicted molar refractivity (Wildman–Crippen MR) is 86.5 cm³/mol. The fourth-order valence-electron chi connectivity index (χ4n) is 3.80. The van der Waals surface area contributed by atoms with Crippen molar-refractivity contribution in [2.45, 2.75) is 44.2 Å². The van der Waals surface area contributed by atoms with Crippen LogP contribution in [0.4, 0.5) is 4.79 Å². The lowest BCUT2D eigenvalue weighted by atomic mass is 9.82. The Hall–Kier alpha value is -2.57. The summed E-state index contributed by atoms with van der Waals surface area (Å²) in [6.45, 7) is 0.390. The summed E-state index contributed by atoms with van der Waals surface area (Å²) in [5, 5.41) is 2.88. The van der Waals surface area contributed by atoms with Gasteiger partial charge in [-0.1, -0.05) is 31.4 Å². The Morgan fingerprint density at radius 2 is 1.79 bits per heavy atom. The van der Waals surface area contributed by atoms with Gasteiger partial charge in [0.2, 0.25) is 0 Å². The van der Waals surface area contributed by atoms with E-state index in [2.05, 4.69) is 5.32 Å². The van der Waals surface area contributed by atoms with Gasteiger partial charge in [0, 0.05) is 13.1 Å². The van der Waals surface area contributed by atoms with Crippen LogP contribution in [0.1, 0.15) is 32.1 Å². The predicted octanol–water partition coefficient (Wildman–Crippen LogP) is 1.85. The number of para-hydroxylation sites is 2. The molecule has 4 rings (SSSR count). The number of imide groups is 1. The highest BCUT2D eigenvalue weighted by Gasteiger charge is 2.50. The number of urea groups is 1. The summed E-state index contributed by atoms with van der Waals surface area (Å²) in [5.74, 6) is -0.635. The SMILES string of the molecule is O=C1NC2(CCCCC2)C(=O)N1CCn1c(=O)oc2ccccc21. The normalized spacial score (nSPS) is 20.1. The van der Waals surface area contributed by atoms with Crippen molar-refractivity contribution in [3.63, 3.8) is 0 Å². The smallest absolute Gasteiger partial charge is 0.408 e. The fourth-order valence-corrected chi connectivity index (χ4v) is 3.80. The summed E-state index contributed by atoms with van der Waals surface area (Å²) >= 11 is 0. The van der Waals surface area contributed by atoms with E-state index < -0.39 is 11.3 Å². The number of carbonyl (C=O) groups excluding carboxylic acids is 2. The molecule has 0 atom stereocenters. The first-order chi connectivity index (χ1) is 11.6. The van der Waals surface area contributed by atoms with Crippen LogP contribution in [0.15, 0.2) is 33.5 Å². The molecule has 1 saturated heterocycles. The lowest BCUT2D eigenvalue weighted by molar-refractivity contribution is -0.132. The Bertz CT molecular complexity index is 860. The Labute approximate surface area is 138 Å². The highest BCUT2D eigenvalue weighted by molar-refractivity contribution is 6.07. The van der Waals surface area contributed by atoms with Crippen LogP contribution in [0.5, 0.6) is 0 Å². The maximum absolute atomic E-state index is 12.7. The third-order valence-electron chi connectivity index (χ3n) is 5.07. The Kier molecular flexibility index (Phi) is 3.44. The minimum Gasteiger partial charge on any atom is -0.408 e. The van der Waals surface area contributed by atoms with Gasteiger partial charge in [-0.2, -0.15) is 0 Å². The zero-order chi connectivity index (χ0) is 16.7. The second kappa shape index (κ2) is 5.51. The molecule has 1 saturated carbocycles. The summed E-state index contributed by atoms with van der Waals surface area (Å²) < 4.78 is 6.64. The van der Waals surface area contributed by atoms with Gasteiger partial charge in [-0.05, 0) is 25.0 Å². The highest BCUT2D eigenvalue weighted by atomic mass is 16.4. The number of benzene rings is 1. The van der Waals surface area contributed by atoms with Crippen molar-refractivity contribution in [3.05, 3.63) is 34.8 Å². The van der Waals surface area contributed by atoms with E-state index in [0.29, 0.717) is 23.9 Å². The summed E-state index contributed by atoms with van der Waals surface area (Å²) in [4.78, 5) is 38.2. The van der Waals surface area contributed by atoms with Crippen molar-refractivity contribution < 1.29 is 14.0 Å². The molecule has 1 aliphatic heterocycles. The molecule has 1 aromatic heterocycles. The van der Waals surface area contributed by atoms with E-state index in [1.807, 2.05) is 6.07 Å². The number of nitrogens with one attached hydrogen (secondary N) is 1. The van der Waals surface area contributed by atoms with Crippen LogP contribution in [0.3, 0.4) is 0 Å². The van der Waals surface area contributed by atoms with Crippen LogP contribution in [0, 0.1) is 0 Å². The lowest BCUT2D eigenvalue weighted by Crippen LogP contribution is -2.48. The number of amides is 3. The number of hydrogen-bond donors (Lipinski definition) is 1. The van der Waals surface area contributed by atoms with Gasteiger partial charge in [0.15, 0.2) is 5.58 Å². The summed E-state index contributed by atoms with van der Waals surface area (Å²) in [5.41, 5.74) is 0.448.